The van der Waals surface area contributed by atoms with Crippen molar-refractivity contribution in [2.24, 2.45) is 5.73 Å². The Morgan fingerprint density at radius 1 is 1.41 bits per heavy atom. The summed E-state index contributed by atoms with van der Waals surface area (Å²) in [7, 11) is 2.09. The van der Waals surface area contributed by atoms with Crippen molar-refractivity contribution in [1.82, 2.24) is 19.5 Å². The van der Waals surface area contributed by atoms with E-state index in [1.165, 1.54) is 0 Å². The fourth-order valence-electron chi connectivity index (χ4n) is 3.58. The van der Waals surface area contributed by atoms with E-state index in [2.05, 4.69) is 27.3 Å². The zero-order valence-electron chi connectivity index (χ0n) is 16.4. The summed E-state index contributed by atoms with van der Waals surface area (Å²) in [5.74, 6) is -0.449. The van der Waals surface area contributed by atoms with Crippen LogP contribution < -0.4 is 11.1 Å². The van der Waals surface area contributed by atoms with Crippen molar-refractivity contribution in [3.05, 3.63) is 46.7 Å². The molecule has 0 saturated carbocycles. The van der Waals surface area contributed by atoms with Crippen molar-refractivity contribution in [2.75, 3.05) is 38.6 Å². The van der Waals surface area contributed by atoms with Gasteiger partial charge in [-0.25, -0.2) is 9.50 Å². The van der Waals surface area contributed by atoms with Gasteiger partial charge in [0.25, 0.3) is 0 Å². The first-order valence-electron chi connectivity index (χ1n) is 9.41. The van der Waals surface area contributed by atoms with Crippen LogP contribution in [0.2, 0.25) is 5.15 Å². The highest BCUT2D eigenvalue weighted by atomic mass is 35.5. The maximum atomic E-state index is 11.5. The average molecular weight is 415 g/mol. The Kier molecular flexibility index (Phi) is 5.40. The number of anilines is 1. The maximum Gasteiger partial charge on any atom is 0.248 e. The van der Waals surface area contributed by atoms with E-state index in [1.807, 2.05) is 19.1 Å². The lowest BCUT2D eigenvalue weighted by molar-refractivity contribution is -0.0117. The second-order valence-corrected chi connectivity index (χ2v) is 7.68. The molecule has 1 amide bonds. The third-order valence-electron chi connectivity index (χ3n) is 5.09. The first-order valence-corrected chi connectivity index (χ1v) is 9.79. The van der Waals surface area contributed by atoms with Gasteiger partial charge in [0, 0.05) is 36.8 Å². The molecule has 29 heavy (non-hydrogen) atoms. The van der Waals surface area contributed by atoms with Gasteiger partial charge in [-0.05, 0) is 31.7 Å². The third-order valence-corrected chi connectivity index (χ3v) is 5.27. The average Bonchev–Trinajstić information content (AvgIpc) is 3.09. The van der Waals surface area contributed by atoms with Crippen molar-refractivity contribution >= 4 is 28.8 Å². The summed E-state index contributed by atoms with van der Waals surface area (Å²) < 4.78 is 7.52. The van der Waals surface area contributed by atoms with Gasteiger partial charge in [0.05, 0.1) is 30.3 Å². The number of aryl methyl sites for hydroxylation is 1. The molecule has 8 nitrogen and oxygen atoms in total. The molecule has 2 aromatic heterocycles. The molecule has 0 unspecified atom stereocenters. The predicted octanol–water partition coefficient (Wildman–Crippen LogP) is 2.20. The number of rotatable bonds is 5. The molecule has 9 heteroatoms. The quantitative estimate of drug-likeness (QED) is 0.664. The van der Waals surface area contributed by atoms with Crippen LogP contribution in [0.5, 0.6) is 0 Å². The van der Waals surface area contributed by atoms with Gasteiger partial charge in [-0.1, -0.05) is 17.7 Å². The Morgan fingerprint density at radius 3 is 2.97 bits per heavy atom. The Hall–Kier alpha value is -2.68. The van der Waals surface area contributed by atoms with Gasteiger partial charge < -0.3 is 20.7 Å². The number of halogens is 1. The van der Waals surface area contributed by atoms with E-state index < -0.39 is 5.91 Å². The van der Waals surface area contributed by atoms with Crippen molar-refractivity contribution < 1.29 is 9.53 Å². The molecule has 0 spiro atoms. The number of hydrogen-bond donors (Lipinski definition) is 2. The van der Waals surface area contributed by atoms with Crippen molar-refractivity contribution in [1.29, 1.82) is 0 Å². The summed E-state index contributed by atoms with van der Waals surface area (Å²) in [5.41, 5.74) is 9.81. The standard InChI is InChI=1S/C20H23ClN6O2/c1-12-7-13(3-4-15(12)19(22)28)17-10-24-20-16(8-18(21)25-27(17)20)23-9-14-11-26(2)5-6-29-14/h3-4,7-8,10,14,23H,5-6,9,11H2,1-2H3,(H2,22,28)/t14-/m0/s1. The van der Waals surface area contributed by atoms with Crippen LogP contribution in [0.25, 0.3) is 16.9 Å². The van der Waals surface area contributed by atoms with Crippen LogP contribution in [0.15, 0.2) is 30.5 Å². The summed E-state index contributed by atoms with van der Waals surface area (Å²) in [5, 5.41) is 8.17. The van der Waals surface area contributed by atoms with E-state index in [0.29, 0.717) is 22.9 Å². The molecule has 1 aliphatic heterocycles. The van der Waals surface area contributed by atoms with Crippen LogP contribution >= 0.6 is 11.6 Å². The zero-order valence-corrected chi connectivity index (χ0v) is 17.1. The molecule has 3 N–H and O–H groups in total. The molecule has 0 aliphatic carbocycles. The third kappa shape index (κ3) is 4.05. The molecule has 0 bridgehead atoms. The smallest absolute Gasteiger partial charge is 0.248 e. The van der Waals surface area contributed by atoms with E-state index in [9.17, 15) is 4.79 Å². The van der Waals surface area contributed by atoms with Crippen molar-refractivity contribution in [2.45, 2.75) is 13.0 Å². The highest BCUT2D eigenvalue weighted by Gasteiger charge is 2.19. The number of primary amides is 1. The monoisotopic (exact) mass is 414 g/mol. The SMILES string of the molecule is Cc1cc(-c2cnc3c(NC[C@H]4CN(C)CCO4)cc(Cl)nn23)ccc1C(N)=O. The van der Waals surface area contributed by atoms with Gasteiger partial charge in [-0.3, -0.25) is 4.79 Å². The molecule has 1 aliphatic rings. The Bertz CT molecular complexity index is 1070. The van der Waals surface area contributed by atoms with Crippen LogP contribution in [0.3, 0.4) is 0 Å². The second kappa shape index (κ2) is 7.98. The number of nitrogens with one attached hydrogen (secondary N) is 1. The number of carbonyl (C=O) groups is 1. The predicted molar refractivity (Wildman–Crippen MR) is 112 cm³/mol. The second-order valence-electron chi connectivity index (χ2n) is 7.29. The number of imidazole rings is 1. The lowest BCUT2D eigenvalue weighted by Gasteiger charge is -2.30. The number of fused-ring (bicyclic) bond motifs is 1. The fraction of sp³-hybridized carbons (Fsp3) is 0.350. The molecule has 152 valence electrons. The number of likely N-dealkylation sites (N-methyl/N-ethyl adjacent to an activating group) is 1. The molecule has 0 radical (unpaired) electrons. The van der Waals surface area contributed by atoms with E-state index in [0.717, 1.165) is 42.2 Å². The first kappa shape index (κ1) is 19.6. The molecule has 1 aromatic carbocycles. The number of morpholine rings is 1. The highest BCUT2D eigenvalue weighted by molar-refractivity contribution is 6.29. The van der Waals surface area contributed by atoms with Gasteiger partial charge in [0.15, 0.2) is 10.8 Å². The van der Waals surface area contributed by atoms with E-state index in [-0.39, 0.29) is 6.10 Å². The number of aromatic nitrogens is 3. The molecule has 1 atom stereocenters. The van der Waals surface area contributed by atoms with Gasteiger partial charge in [-0.2, -0.15) is 5.10 Å². The first-order chi connectivity index (χ1) is 13.9. The maximum absolute atomic E-state index is 11.5. The minimum Gasteiger partial charge on any atom is -0.379 e. The Morgan fingerprint density at radius 2 is 2.24 bits per heavy atom. The van der Waals surface area contributed by atoms with Crippen LogP contribution in [0.4, 0.5) is 5.69 Å². The minimum absolute atomic E-state index is 0.0965. The highest BCUT2D eigenvalue weighted by Crippen LogP contribution is 2.27. The Balaban J connectivity index is 1.65. The number of nitrogens with two attached hydrogens (primary N) is 1. The number of benzene rings is 1. The van der Waals surface area contributed by atoms with Gasteiger partial charge in [-0.15, -0.1) is 0 Å². The summed E-state index contributed by atoms with van der Waals surface area (Å²) in [6.07, 6.45) is 1.84. The number of hydrogen-bond acceptors (Lipinski definition) is 6. The normalized spacial score (nSPS) is 17.6. The molecule has 1 saturated heterocycles. The van der Waals surface area contributed by atoms with Gasteiger partial charge in [0.2, 0.25) is 5.91 Å². The van der Waals surface area contributed by atoms with Crippen molar-refractivity contribution in [3.8, 4) is 11.3 Å². The van der Waals surface area contributed by atoms with E-state index in [4.69, 9.17) is 22.1 Å². The van der Waals surface area contributed by atoms with Crippen molar-refractivity contribution in [3.63, 3.8) is 0 Å². The van der Waals surface area contributed by atoms with Crippen LogP contribution in [0, 0.1) is 6.92 Å². The van der Waals surface area contributed by atoms with Crippen LogP contribution in [0.1, 0.15) is 15.9 Å². The fourth-order valence-corrected chi connectivity index (χ4v) is 3.76. The summed E-state index contributed by atoms with van der Waals surface area (Å²) in [6.45, 7) is 5.03. The number of carbonyl (C=O) groups excluding carboxylic acids is 1. The van der Waals surface area contributed by atoms with E-state index >= 15 is 0 Å². The number of amides is 1. The lowest BCUT2D eigenvalue weighted by atomic mass is 10.0. The number of nitrogens with zero attached hydrogens (tertiary/aromatic N) is 4. The van der Waals surface area contributed by atoms with Crippen LogP contribution in [-0.4, -0.2) is 64.8 Å². The van der Waals surface area contributed by atoms with Gasteiger partial charge in [0.1, 0.15) is 0 Å². The zero-order chi connectivity index (χ0) is 20.5. The molecule has 3 heterocycles. The molecule has 1 fully saturated rings. The number of ether oxygens (including phenoxy) is 1. The summed E-state index contributed by atoms with van der Waals surface area (Å²) in [6, 6.07) is 7.21. The van der Waals surface area contributed by atoms with Crippen LogP contribution in [-0.2, 0) is 4.74 Å². The summed E-state index contributed by atoms with van der Waals surface area (Å²) in [4.78, 5) is 18.3. The lowest BCUT2D eigenvalue weighted by Crippen LogP contribution is -2.43. The minimum atomic E-state index is -0.449. The topological polar surface area (TPSA) is 97.8 Å². The van der Waals surface area contributed by atoms with E-state index in [1.54, 1.807) is 22.8 Å². The molecule has 3 aromatic rings. The molecular formula is C20H23ClN6O2. The largest absolute Gasteiger partial charge is 0.379 e. The summed E-state index contributed by atoms with van der Waals surface area (Å²) >= 11 is 6.28. The van der Waals surface area contributed by atoms with Gasteiger partial charge >= 0.3 is 0 Å². The molecular weight excluding hydrogens is 392 g/mol. The Labute approximate surface area is 173 Å². The molecule has 4 rings (SSSR count).